The van der Waals surface area contributed by atoms with Gasteiger partial charge in [0.15, 0.2) is 0 Å². The van der Waals surface area contributed by atoms with Crippen molar-refractivity contribution < 1.29 is 48.8 Å². The van der Waals surface area contributed by atoms with Crippen molar-refractivity contribution in [1.29, 1.82) is 0 Å². The zero-order valence-electron chi connectivity index (χ0n) is 10.7. The van der Waals surface area contributed by atoms with Crippen LogP contribution < -0.4 is 29.6 Å². The summed E-state index contributed by atoms with van der Waals surface area (Å²) in [6, 6.07) is 0. The van der Waals surface area contributed by atoms with Gasteiger partial charge in [-0.2, -0.15) is 6.42 Å². The molecule has 0 aliphatic carbocycles. The largest absolute Gasteiger partial charge is 1.00 e. The fraction of sp³-hybridized carbons (Fsp3) is 0.900. The van der Waals surface area contributed by atoms with Crippen LogP contribution in [0.25, 0.3) is 0 Å². The number of hydrogen-bond acceptors (Lipinski definition) is 1. The van der Waals surface area contributed by atoms with Crippen LogP contribution >= 0.6 is 7.82 Å². The van der Waals surface area contributed by atoms with E-state index in [1.54, 1.807) is 0 Å². The minimum absolute atomic E-state index is 0. The first kappa shape index (κ1) is 22.3. The smallest absolute Gasteiger partial charge is 0.343 e. The van der Waals surface area contributed by atoms with E-state index < -0.39 is 7.82 Å². The summed E-state index contributed by atoms with van der Waals surface area (Å²) in [6.45, 7) is 8.40. The fourth-order valence-electron chi connectivity index (χ4n) is 1.08. The number of phosphoric acid groups is 1. The van der Waals surface area contributed by atoms with Crippen LogP contribution in [0, 0.1) is 12.8 Å². The van der Waals surface area contributed by atoms with Gasteiger partial charge in [-0.05, 0) is 5.92 Å². The predicted molar refractivity (Wildman–Crippen MR) is 62.2 cm³/mol. The number of unbranched alkanes of at least 4 members (excludes halogenated alkanes) is 4. The zero-order chi connectivity index (χ0) is 12.3. The number of hydrogen-bond donors (Lipinski definition) is 3. The van der Waals surface area contributed by atoms with Crippen molar-refractivity contribution in [2.24, 2.45) is 5.92 Å². The molecular weight excluding hydrogens is 238 g/mol. The summed E-state index contributed by atoms with van der Waals surface area (Å²) in [7, 11) is -4.64. The Labute approximate surface area is 121 Å². The summed E-state index contributed by atoms with van der Waals surface area (Å²) in [5, 5.41) is 0. The summed E-state index contributed by atoms with van der Waals surface area (Å²) in [5.74, 6) is 0.889. The SMILES string of the molecule is O=P(O)(O)O.[CH2-]CCCCCCC(C)C.[Na+]. The Bertz CT molecular complexity index is 162. The van der Waals surface area contributed by atoms with Crippen molar-refractivity contribution in [1.82, 2.24) is 0 Å². The van der Waals surface area contributed by atoms with Crippen LogP contribution in [-0.4, -0.2) is 14.7 Å². The number of rotatable bonds is 6. The van der Waals surface area contributed by atoms with Gasteiger partial charge in [0.05, 0.1) is 0 Å². The minimum Gasteiger partial charge on any atom is -0.343 e. The first-order chi connectivity index (χ1) is 6.77. The van der Waals surface area contributed by atoms with Gasteiger partial charge in [-0.3, -0.25) is 0 Å². The third-order valence-electron chi connectivity index (χ3n) is 1.78. The van der Waals surface area contributed by atoms with Crippen molar-refractivity contribution in [3.8, 4) is 0 Å². The molecule has 0 radical (unpaired) electrons. The molecule has 0 unspecified atom stereocenters. The Morgan fingerprint density at radius 1 is 1.06 bits per heavy atom. The molecule has 0 rings (SSSR count). The molecule has 0 bridgehead atoms. The molecule has 94 valence electrons. The van der Waals surface area contributed by atoms with Gasteiger partial charge >= 0.3 is 37.4 Å². The monoisotopic (exact) mass is 262 g/mol. The molecule has 0 aliphatic rings. The molecule has 3 N–H and O–H groups in total. The van der Waals surface area contributed by atoms with Crippen LogP contribution in [0.1, 0.15) is 52.4 Å². The Kier molecular flexibility index (Phi) is 19.8. The van der Waals surface area contributed by atoms with Crippen molar-refractivity contribution in [3.05, 3.63) is 6.92 Å². The second-order valence-corrected chi connectivity index (χ2v) is 4.99. The van der Waals surface area contributed by atoms with Gasteiger partial charge < -0.3 is 21.6 Å². The van der Waals surface area contributed by atoms with E-state index in [0.29, 0.717) is 0 Å². The molecule has 16 heavy (non-hydrogen) atoms. The van der Waals surface area contributed by atoms with E-state index in [-0.39, 0.29) is 29.6 Å². The third kappa shape index (κ3) is 45.7. The second-order valence-electron chi connectivity index (χ2n) is 3.96. The van der Waals surface area contributed by atoms with E-state index in [9.17, 15) is 0 Å². The Hall–Kier alpha value is 1.11. The average Bonchev–Trinajstić information content (AvgIpc) is 2.00. The van der Waals surface area contributed by atoms with Gasteiger partial charge in [-0.25, -0.2) is 4.57 Å². The van der Waals surface area contributed by atoms with E-state index in [1.165, 1.54) is 32.1 Å². The summed E-state index contributed by atoms with van der Waals surface area (Å²) in [6.07, 6.45) is 8.04. The first-order valence-electron chi connectivity index (χ1n) is 5.35. The first-order valence-corrected chi connectivity index (χ1v) is 6.91. The molecule has 0 aromatic rings. The van der Waals surface area contributed by atoms with Gasteiger partial charge in [-0.15, -0.1) is 0 Å². The molecule has 4 nitrogen and oxygen atoms in total. The standard InChI is InChI=1S/C10H21.Na.H3O4P/c1-4-5-6-7-8-9-10(2)3;;1-5(2,3)4/h10H,1,4-9H2,2-3H3;;(H3,1,2,3,4)/q-1;+1;. The van der Waals surface area contributed by atoms with Crippen LogP contribution in [-0.2, 0) is 4.57 Å². The maximum atomic E-state index is 8.88. The molecule has 0 heterocycles. The van der Waals surface area contributed by atoms with Crippen molar-refractivity contribution in [3.63, 3.8) is 0 Å². The molecule has 0 aliphatic heterocycles. The molecular formula is C10H24NaO4P. The van der Waals surface area contributed by atoms with Crippen LogP contribution in [0.3, 0.4) is 0 Å². The summed E-state index contributed by atoms with van der Waals surface area (Å²) < 4.78 is 8.88. The minimum atomic E-state index is -4.64. The average molecular weight is 262 g/mol. The molecule has 0 saturated heterocycles. The molecule has 6 heteroatoms. The van der Waals surface area contributed by atoms with E-state index in [0.717, 1.165) is 12.3 Å². The maximum absolute atomic E-state index is 8.88. The normalized spacial score (nSPS) is 10.4. The predicted octanol–water partition coefficient (Wildman–Crippen LogP) is -0.108. The molecule has 0 spiro atoms. The molecule has 0 amide bonds. The van der Waals surface area contributed by atoms with E-state index >= 15 is 0 Å². The summed E-state index contributed by atoms with van der Waals surface area (Å²) in [4.78, 5) is 21.6. The van der Waals surface area contributed by atoms with E-state index in [4.69, 9.17) is 19.2 Å². The molecule has 0 aromatic carbocycles. The summed E-state index contributed by atoms with van der Waals surface area (Å²) in [5.41, 5.74) is 0. The van der Waals surface area contributed by atoms with Crippen LogP contribution in [0.15, 0.2) is 0 Å². The van der Waals surface area contributed by atoms with Crippen LogP contribution in [0.4, 0.5) is 0 Å². The molecule has 0 fully saturated rings. The Morgan fingerprint density at radius 3 is 1.75 bits per heavy atom. The van der Waals surface area contributed by atoms with Crippen LogP contribution in [0.5, 0.6) is 0 Å². The second kappa shape index (κ2) is 14.2. The molecule has 0 atom stereocenters. The van der Waals surface area contributed by atoms with Crippen molar-refractivity contribution in [2.75, 3.05) is 0 Å². The maximum Gasteiger partial charge on any atom is 1.00 e. The topological polar surface area (TPSA) is 77.8 Å². The Balaban J connectivity index is -0.000000242. The zero-order valence-corrected chi connectivity index (χ0v) is 13.6. The van der Waals surface area contributed by atoms with E-state index in [2.05, 4.69) is 20.8 Å². The van der Waals surface area contributed by atoms with Crippen molar-refractivity contribution >= 4 is 7.82 Å². The van der Waals surface area contributed by atoms with Crippen molar-refractivity contribution in [2.45, 2.75) is 52.4 Å². The molecule has 0 aromatic heterocycles. The summed E-state index contributed by atoms with van der Waals surface area (Å²) >= 11 is 0. The quantitative estimate of drug-likeness (QED) is 0.270. The van der Waals surface area contributed by atoms with Gasteiger partial charge in [0.25, 0.3) is 0 Å². The molecule has 0 saturated carbocycles. The van der Waals surface area contributed by atoms with Gasteiger partial charge in [0.1, 0.15) is 0 Å². The van der Waals surface area contributed by atoms with Crippen LogP contribution in [0.2, 0.25) is 0 Å². The van der Waals surface area contributed by atoms with E-state index in [1.807, 2.05) is 0 Å². The third-order valence-corrected chi connectivity index (χ3v) is 1.78. The fourth-order valence-corrected chi connectivity index (χ4v) is 1.08. The van der Waals surface area contributed by atoms with Gasteiger partial charge in [-0.1, -0.05) is 46.0 Å². The van der Waals surface area contributed by atoms with Gasteiger partial charge in [0.2, 0.25) is 0 Å². The Morgan fingerprint density at radius 2 is 1.44 bits per heavy atom. The van der Waals surface area contributed by atoms with Gasteiger partial charge in [0, 0.05) is 0 Å².